The number of piperidine rings is 1. The lowest BCUT2D eigenvalue weighted by Gasteiger charge is -2.33. The number of hydrogen-bond donors (Lipinski definition) is 0. The van der Waals surface area contributed by atoms with Gasteiger partial charge in [0.05, 0.1) is 18.4 Å². The molecule has 0 aliphatic carbocycles. The van der Waals surface area contributed by atoms with E-state index in [9.17, 15) is 13.2 Å². The second-order valence-electron chi connectivity index (χ2n) is 8.52. The Bertz CT molecular complexity index is 840. The molecule has 4 rings (SSSR count). The molecule has 1 aromatic heterocycles. The summed E-state index contributed by atoms with van der Waals surface area (Å²) in [5, 5.41) is 0. The Kier molecular flexibility index (Phi) is 6.06. The van der Waals surface area contributed by atoms with Crippen LogP contribution in [-0.4, -0.2) is 86.2 Å². The van der Waals surface area contributed by atoms with Gasteiger partial charge in [0, 0.05) is 38.4 Å². The van der Waals surface area contributed by atoms with Crippen LogP contribution >= 0.6 is 0 Å². The molecule has 9 heteroatoms. The first-order chi connectivity index (χ1) is 13.9. The zero-order valence-corrected chi connectivity index (χ0v) is 18.0. The smallest absolute Gasteiger partial charge is 0.236 e. The zero-order valence-electron chi connectivity index (χ0n) is 17.2. The number of sulfone groups is 1. The zero-order chi connectivity index (χ0) is 20.4. The van der Waals surface area contributed by atoms with Crippen LogP contribution in [0.5, 0.6) is 0 Å². The average Bonchev–Trinajstić information content (AvgIpc) is 3.41. The van der Waals surface area contributed by atoms with Crippen LogP contribution in [0.1, 0.15) is 50.1 Å². The van der Waals surface area contributed by atoms with Crippen LogP contribution in [0.25, 0.3) is 0 Å². The highest BCUT2D eigenvalue weighted by molar-refractivity contribution is 7.90. The van der Waals surface area contributed by atoms with Gasteiger partial charge in [0.15, 0.2) is 9.84 Å². The highest BCUT2D eigenvalue weighted by atomic mass is 32.2. The summed E-state index contributed by atoms with van der Waals surface area (Å²) in [6.45, 7) is 5.68. The first-order valence-electron chi connectivity index (χ1n) is 10.7. The number of carbonyl (C=O) groups is 1. The molecule has 0 atom stereocenters. The molecule has 0 unspecified atom stereocenters. The molecule has 1 amide bonds. The van der Waals surface area contributed by atoms with Crippen molar-refractivity contribution in [1.29, 1.82) is 0 Å². The van der Waals surface area contributed by atoms with Crippen molar-refractivity contribution in [1.82, 2.24) is 19.8 Å². The van der Waals surface area contributed by atoms with Crippen molar-refractivity contribution in [2.45, 2.75) is 49.3 Å². The largest absolute Gasteiger partial charge is 0.342 e. The van der Waals surface area contributed by atoms with E-state index >= 15 is 0 Å². The Morgan fingerprint density at radius 3 is 2.28 bits per heavy atom. The molecule has 0 bridgehead atoms. The van der Waals surface area contributed by atoms with Crippen molar-refractivity contribution in [3.63, 3.8) is 0 Å². The number of carbonyl (C=O) groups excluding carboxylic acids is 1. The molecule has 3 aliphatic rings. The topological polar surface area (TPSA) is 86.7 Å². The molecular weight excluding hydrogens is 390 g/mol. The molecule has 1 aromatic rings. The molecule has 0 saturated carbocycles. The van der Waals surface area contributed by atoms with Crippen molar-refractivity contribution < 1.29 is 13.2 Å². The van der Waals surface area contributed by atoms with Gasteiger partial charge in [-0.05, 0) is 51.6 Å². The van der Waals surface area contributed by atoms with Gasteiger partial charge in [-0.25, -0.2) is 18.4 Å². The third-order valence-corrected chi connectivity index (χ3v) is 7.46. The van der Waals surface area contributed by atoms with Gasteiger partial charge in [0.1, 0.15) is 4.90 Å². The number of hydrogen-bond acceptors (Lipinski definition) is 7. The van der Waals surface area contributed by atoms with Gasteiger partial charge >= 0.3 is 0 Å². The van der Waals surface area contributed by atoms with E-state index in [1.54, 1.807) is 0 Å². The Morgan fingerprint density at radius 1 is 1.03 bits per heavy atom. The van der Waals surface area contributed by atoms with Crippen LogP contribution in [-0.2, 0) is 14.6 Å². The molecule has 3 fully saturated rings. The number of anilines is 1. The first-order valence-corrected chi connectivity index (χ1v) is 12.6. The predicted octanol–water partition coefficient (Wildman–Crippen LogP) is 1.28. The molecule has 29 heavy (non-hydrogen) atoms. The molecule has 3 saturated heterocycles. The minimum atomic E-state index is -3.40. The summed E-state index contributed by atoms with van der Waals surface area (Å²) in [5.41, 5.74) is 0.635. The summed E-state index contributed by atoms with van der Waals surface area (Å²) in [4.78, 5) is 28.2. The van der Waals surface area contributed by atoms with Crippen molar-refractivity contribution >= 4 is 21.7 Å². The minimum Gasteiger partial charge on any atom is -0.342 e. The summed E-state index contributed by atoms with van der Waals surface area (Å²) in [6.07, 6.45) is 8.77. The van der Waals surface area contributed by atoms with E-state index in [0.29, 0.717) is 31.3 Å². The van der Waals surface area contributed by atoms with E-state index in [2.05, 4.69) is 14.8 Å². The maximum absolute atomic E-state index is 12.6. The predicted molar refractivity (Wildman–Crippen MR) is 111 cm³/mol. The van der Waals surface area contributed by atoms with E-state index in [4.69, 9.17) is 4.98 Å². The molecule has 0 spiro atoms. The van der Waals surface area contributed by atoms with Crippen LogP contribution in [0.15, 0.2) is 11.1 Å². The summed E-state index contributed by atoms with van der Waals surface area (Å²) in [6, 6.07) is 0. The van der Waals surface area contributed by atoms with E-state index < -0.39 is 9.84 Å². The van der Waals surface area contributed by atoms with Crippen LogP contribution in [0.3, 0.4) is 0 Å². The van der Waals surface area contributed by atoms with Crippen LogP contribution in [0.4, 0.5) is 5.95 Å². The molecule has 4 heterocycles. The molecular formula is C20H31N5O3S. The SMILES string of the molecule is CS(=O)(=O)c1cnc(N2CCCC2)nc1C1CCN(C(=O)CN2CCCC2)CC1. The molecule has 0 radical (unpaired) electrons. The van der Waals surface area contributed by atoms with Crippen LogP contribution in [0.2, 0.25) is 0 Å². The van der Waals surface area contributed by atoms with Crippen molar-refractivity contribution in [3.05, 3.63) is 11.9 Å². The quantitative estimate of drug-likeness (QED) is 0.708. The second kappa shape index (κ2) is 8.55. The summed E-state index contributed by atoms with van der Waals surface area (Å²) in [5.74, 6) is 0.867. The number of amides is 1. The summed E-state index contributed by atoms with van der Waals surface area (Å²) in [7, 11) is -3.40. The number of likely N-dealkylation sites (tertiary alicyclic amines) is 2. The monoisotopic (exact) mass is 421 g/mol. The molecule has 0 aromatic carbocycles. The van der Waals surface area contributed by atoms with E-state index in [-0.39, 0.29) is 16.7 Å². The van der Waals surface area contributed by atoms with Crippen LogP contribution < -0.4 is 4.90 Å². The van der Waals surface area contributed by atoms with Gasteiger partial charge in [-0.1, -0.05) is 0 Å². The van der Waals surface area contributed by atoms with Crippen molar-refractivity contribution in [3.8, 4) is 0 Å². The molecule has 0 N–H and O–H groups in total. The fourth-order valence-corrected chi connectivity index (χ4v) is 5.49. The lowest BCUT2D eigenvalue weighted by Crippen LogP contribution is -2.43. The Balaban J connectivity index is 1.47. The van der Waals surface area contributed by atoms with Gasteiger partial charge in [-0.2, -0.15) is 0 Å². The maximum Gasteiger partial charge on any atom is 0.236 e. The third kappa shape index (κ3) is 4.71. The average molecular weight is 422 g/mol. The van der Waals surface area contributed by atoms with Gasteiger partial charge in [0.2, 0.25) is 11.9 Å². The van der Waals surface area contributed by atoms with Gasteiger partial charge in [-0.3, -0.25) is 9.69 Å². The van der Waals surface area contributed by atoms with Gasteiger partial charge < -0.3 is 9.80 Å². The fourth-order valence-electron chi connectivity index (χ4n) is 4.66. The maximum atomic E-state index is 12.6. The Labute approximate surface area is 173 Å². The lowest BCUT2D eigenvalue weighted by atomic mass is 9.93. The lowest BCUT2D eigenvalue weighted by molar-refractivity contribution is -0.133. The van der Waals surface area contributed by atoms with Gasteiger partial charge in [-0.15, -0.1) is 0 Å². The van der Waals surface area contributed by atoms with Crippen LogP contribution in [0, 0.1) is 0 Å². The van der Waals surface area contributed by atoms with E-state index in [1.165, 1.54) is 25.3 Å². The molecule has 8 nitrogen and oxygen atoms in total. The Morgan fingerprint density at radius 2 is 1.66 bits per heavy atom. The van der Waals surface area contributed by atoms with Gasteiger partial charge in [0.25, 0.3) is 0 Å². The highest BCUT2D eigenvalue weighted by Crippen LogP contribution is 2.32. The first kappa shape index (κ1) is 20.5. The number of aromatic nitrogens is 2. The second-order valence-corrected chi connectivity index (χ2v) is 10.5. The van der Waals surface area contributed by atoms with Crippen molar-refractivity contribution in [2.24, 2.45) is 0 Å². The highest BCUT2D eigenvalue weighted by Gasteiger charge is 2.30. The Hall–Kier alpha value is -1.74. The molecule has 3 aliphatic heterocycles. The minimum absolute atomic E-state index is 0.0416. The van der Waals surface area contributed by atoms with E-state index in [0.717, 1.165) is 51.9 Å². The number of rotatable bonds is 5. The fraction of sp³-hybridized carbons (Fsp3) is 0.750. The normalized spacial score (nSPS) is 21.8. The number of nitrogens with zero attached hydrogens (tertiary/aromatic N) is 5. The summed E-state index contributed by atoms with van der Waals surface area (Å²) >= 11 is 0. The van der Waals surface area contributed by atoms with E-state index in [1.807, 2.05) is 4.90 Å². The standard InChI is InChI=1S/C20H31N5O3S/c1-29(27,28)17-14-21-20(25-10-4-5-11-25)22-19(17)16-6-12-24(13-7-16)18(26)15-23-8-2-3-9-23/h14,16H,2-13,15H2,1H3. The summed E-state index contributed by atoms with van der Waals surface area (Å²) < 4.78 is 24.7. The molecule has 160 valence electrons. The van der Waals surface area contributed by atoms with Crippen molar-refractivity contribution in [2.75, 3.05) is 57.0 Å². The third-order valence-electron chi connectivity index (χ3n) is 6.35.